The lowest BCUT2D eigenvalue weighted by atomic mass is 9.86. The Labute approximate surface area is 131 Å². The first-order chi connectivity index (χ1) is 10.7. The Balaban J connectivity index is 1.63. The number of aliphatic hydroxyl groups is 1. The highest BCUT2D eigenvalue weighted by Gasteiger charge is 2.37. The number of piperidine rings is 2. The first-order valence-electron chi connectivity index (χ1n) is 8.32. The molecule has 1 atom stereocenters. The van der Waals surface area contributed by atoms with E-state index in [0.717, 1.165) is 44.5 Å². The Morgan fingerprint density at radius 2 is 2.00 bits per heavy atom. The van der Waals surface area contributed by atoms with Crippen LogP contribution < -0.4 is 10.6 Å². The molecule has 1 aromatic rings. The Hall–Kier alpha value is -1.59. The minimum absolute atomic E-state index is 0.0269. The second kappa shape index (κ2) is 6.67. The summed E-state index contributed by atoms with van der Waals surface area (Å²) in [6.07, 6.45) is 3.60. The fourth-order valence-corrected chi connectivity index (χ4v) is 3.53. The van der Waals surface area contributed by atoms with E-state index in [4.69, 9.17) is 0 Å². The molecule has 1 unspecified atom stereocenters. The van der Waals surface area contributed by atoms with Crippen LogP contribution in [0.15, 0.2) is 30.3 Å². The van der Waals surface area contributed by atoms with Gasteiger partial charge in [-0.25, -0.2) is 4.79 Å². The predicted molar refractivity (Wildman–Crippen MR) is 84.4 cm³/mol. The molecule has 4 N–H and O–H groups in total. The molecule has 0 aliphatic carbocycles. The van der Waals surface area contributed by atoms with Crippen molar-refractivity contribution in [3.05, 3.63) is 35.9 Å². The molecule has 0 aromatic heterocycles. The van der Waals surface area contributed by atoms with Gasteiger partial charge in [0.05, 0.1) is 19.6 Å². The monoisotopic (exact) mass is 304 g/mol. The van der Waals surface area contributed by atoms with E-state index in [0.29, 0.717) is 13.0 Å². The Kier molecular flexibility index (Phi) is 4.64. The second-order valence-electron chi connectivity index (χ2n) is 6.51. The molecule has 3 rings (SSSR count). The molecule has 2 amide bonds. The van der Waals surface area contributed by atoms with Gasteiger partial charge in [-0.05, 0) is 18.4 Å². The summed E-state index contributed by atoms with van der Waals surface area (Å²) in [5.41, 5.74) is -0.0169. The number of hydrogen-bond donors (Lipinski definition) is 3. The molecule has 0 spiro atoms. The number of hydrogen-bond acceptors (Lipinski definition) is 2. The number of carbonyl (C=O) groups is 1. The lowest BCUT2D eigenvalue weighted by Crippen LogP contribution is -2.87. The van der Waals surface area contributed by atoms with Crippen LogP contribution in [0.5, 0.6) is 0 Å². The number of urea groups is 1. The first kappa shape index (κ1) is 15.3. The van der Waals surface area contributed by atoms with Crippen LogP contribution in [0.3, 0.4) is 0 Å². The van der Waals surface area contributed by atoms with Gasteiger partial charge < -0.3 is 20.6 Å². The summed E-state index contributed by atoms with van der Waals surface area (Å²) in [6.45, 7) is 3.26. The number of benzene rings is 1. The summed E-state index contributed by atoms with van der Waals surface area (Å²) in [4.78, 5) is 14.3. The maximum Gasteiger partial charge on any atom is 0.317 e. The molecule has 2 saturated heterocycles. The van der Waals surface area contributed by atoms with E-state index in [1.165, 1.54) is 0 Å². The summed E-state index contributed by atoms with van der Waals surface area (Å²) < 4.78 is 0. The Morgan fingerprint density at radius 3 is 2.73 bits per heavy atom. The zero-order chi connectivity index (χ0) is 15.4. The van der Waals surface area contributed by atoms with Crippen molar-refractivity contribution in [1.82, 2.24) is 10.2 Å². The van der Waals surface area contributed by atoms with Crippen molar-refractivity contribution in [3.63, 3.8) is 0 Å². The molecule has 2 aliphatic heterocycles. The highest BCUT2D eigenvalue weighted by Crippen LogP contribution is 2.31. The van der Waals surface area contributed by atoms with E-state index < -0.39 is 5.60 Å². The molecule has 2 fully saturated rings. The highest BCUT2D eigenvalue weighted by atomic mass is 16.3. The third-order valence-corrected chi connectivity index (χ3v) is 4.84. The molecule has 2 aliphatic rings. The molecule has 2 heterocycles. The number of amides is 2. The molecular formula is C17H26N3O2+. The average molecular weight is 304 g/mol. The van der Waals surface area contributed by atoms with E-state index in [9.17, 15) is 9.90 Å². The van der Waals surface area contributed by atoms with Gasteiger partial charge in [0.2, 0.25) is 0 Å². The number of quaternary nitrogens is 1. The van der Waals surface area contributed by atoms with Crippen LogP contribution in [-0.2, 0) is 5.60 Å². The van der Waals surface area contributed by atoms with Gasteiger partial charge in [0.25, 0.3) is 0 Å². The maximum absolute atomic E-state index is 12.5. The summed E-state index contributed by atoms with van der Waals surface area (Å²) >= 11 is 0. The van der Waals surface area contributed by atoms with Crippen molar-refractivity contribution >= 4 is 6.03 Å². The molecule has 0 bridgehead atoms. The predicted octanol–water partition coefficient (Wildman–Crippen LogP) is 0.405. The molecule has 5 heteroatoms. The van der Waals surface area contributed by atoms with Gasteiger partial charge in [-0.3, -0.25) is 0 Å². The van der Waals surface area contributed by atoms with Crippen LogP contribution in [-0.4, -0.2) is 48.3 Å². The minimum Gasteiger partial charge on any atom is -0.383 e. The van der Waals surface area contributed by atoms with Gasteiger partial charge in [-0.15, -0.1) is 0 Å². The molecule has 5 nitrogen and oxygen atoms in total. The smallest absolute Gasteiger partial charge is 0.317 e. The fourth-order valence-electron chi connectivity index (χ4n) is 3.53. The molecule has 0 radical (unpaired) electrons. The number of likely N-dealkylation sites (tertiary alicyclic amines) is 1. The third-order valence-electron chi connectivity index (χ3n) is 4.84. The lowest BCUT2D eigenvalue weighted by Gasteiger charge is -2.40. The van der Waals surface area contributed by atoms with Crippen LogP contribution in [0.4, 0.5) is 4.79 Å². The molecule has 1 aromatic carbocycles. The van der Waals surface area contributed by atoms with Crippen LogP contribution in [0.1, 0.15) is 31.2 Å². The second-order valence-corrected chi connectivity index (χ2v) is 6.51. The van der Waals surface area contributed by atoms with Crippen LogP contribution in [0.25, 0.3) is 0 Å². The molecule has 0 saturated carbocycles. The fraction of sp³-hybridized carbons (Fsp3) is 0.588. The quantitative estimate of drug-likeness (QED) is 0.740. The van der Waals surface area contributed by atoms with Gasteiger partial charge in [0.1, 0.15) is 5.60 Å². The van der Waals surface area contributed by atoms with Crippen molar-refractivity contribution in [2.45, 2.75) is 37.3 Å². The zero-order valence-electron chi connectivity index (χ0n) is 13.0. The molecule has 22 heavy (non-hydrogen) atoms. The van der Waals surface area contributed by atoms with Crippen molar-refractivity contribution in [2.24, 2.45) is 0 Å². The van der Waals surface area contributed by atoms with E-state index in [1.54, 1.807) is 4.90 Å². The SMILES string of the molecule is O=C(NC1CC[NH2+]CC1)N1CCCC(O)(c2ccccc2)C1. The van der Waals surface area contributed by atoms with Gasteiger partial charge in [-0.2, -0.15) is 0 Å². The number of carbonyl (C=O) groups excluding carboxylic acids is 1. The molecule has 120 valence electrons. The van der Waals surface area contributed by atoms with E-state index in [2.05, 4.69) is 10.6 Å². The van der Waals surface area contributed by atoms with Crippen LogP contribution in [0, 0.1) is 0 Å². The zero-order valence-corrected chi connectivity index (χ0v) is 13.0. The Morgan fingerprint density at radius 1 is 1.27 bits per heavy atom. The average Bonchev–Trinajstić information content (AvgIpc) is 2.57. The van der Waals surface area contributed by atoms with Crippen LogP contribution >= 0.6 is 0 Å². The van der Waals surface area contributed by atoms with Gasteiger partial charge >= 0.3 is 6.03 Å². The standard InChI is InChI=1S/C17H25N3O2/c21-16(19-15-7-10-18-11-8-15)20-12-4-9-17(22,13-20)14-5-2-1-3-6-14/h1-3,5-6,15,18,22H,4,7-13H2,(H,19,21)/p+1. The normalized spacial score (nSPS) is 26.7. The summed E-state index contributed by atoms with van der Waals surface area (Å²) in [6, 6.07) is 9.96. The first-order valence-corrected chi connectivity index (χ1v) is 8.32. The topological polar surface area (TPSA) is 69.2 Å². The van der Waals surface area contributed by atoms with Gasteiger partial charge in [0.15, 0.2) is 0 Å². The van der Waals surface area contributed by atoms with Crippen molar-refractivity contribution in [2.75, 3.05) is 26.2 Å². The summed E-state index contributed by atoms with van der Waals surface area (Å²) in [5.74, 6) is 0. The number of nitrogens with zero attached hydrogens (tertiary/aromatic N) is 1. The van der Waals surface area contributed by atoms with Crippen molar-refractivity contribution in [3.8, 4) is 0 Å². The van der Waals surface area contributed by atoms with E-state index >= 15 is 0 Å². The van der Waals surface area contributed by atoms with E-state index in [1.807, 2.05) is 30.3 Å². The summed E-state index contributed by atoms with van der Waals surface area (Å²) in [7, 11) is 0. The minimum atomic E-state index is -0.919. The number of nitrogens with one attached hydrogen (secondary N) is 1. The number of β-amino-alcohol motifs (C(OH)–C–C–N with tert-alkyl or cyclic N) is 1. The largest absolute Gasteiger partial charge is 0.383 e. The van der Waals surface area contributed by atoms with E-state index in [-0.39, 0.29) is 12.1 Å². The van der Waals surface area contributed by atoms with Crippen molar-refractivity contribution < 1.29 is 15.2 Å². The third kappa shape index (κ3) is 3.42. The number of rotatable bonds is 2. The lowest BCUT2D eigenvalue weighted by molar-refractivity contribution is -0.663. The van der Waals surface area contributed by atoms with Gasteiger partial charge in [-0.1, -0.05) is 30.3 Å². The number of nitrogens with two attached hydrogens (primary N) is 1. The Bertz CT molecular complexity index is 502. The maximum atomic E-state index is 12.5. The molecular weight excluding hydrogens is 278 g/mol. The van der Waals surface area contributed by atoms with Crippen LogP contribution in [0.2, 0.25) is 0 Å². The van der Waals surface area contributed by atoms with Crippen molar-refractivity contribution in [1.29, 1.82) is 0 Å². The summed E-state index contributed by atoms with van der Waals surface area (Å²) in [5, 5.41) is 16.4. The highest BCUT2D eigenvalue weighted by molar-refractivity contribution is 5.74. The van der Waals surface area contributed by atoms with Gasteiger partial charge in [0, 0.05) is 25.4 Å².